The van der Waals surface area contributed by atoms with Gasteiger partial charge in [-0.2, -0.15) is 0 Å². The van der Waals surface area contributed by atoms with Gasteiger partial charge in [0.25, 0.3) is 5.56 Å². The molecule has 0 saturated carbocycles. The monoisotopic (exact) mass is 214 g/mol. The van der Waals surface area contributed by atoms with Crippen LogP contribution in [0.1, 0.15) is 17.0 Å². The van der Waals surface area contributed by atoms with E-state index in [9.17, 15) is 4.79 Å². The molecule has 0 atom stereocenters. The van der Waals surface area contributed by atoms with Crippen LogP contribution in [0.4, 0.5) is 0 Å². The minimum atomic E-state index is -0.110. The van der Waals surface area contributed by atoms with Crippen LogP contribution < -0.4 is 5.56 Å². The summed E-state index contributed by atoms with van der Waals surface area (Å²) in [6.45, 7) is 5.86. The van der Waals surface area contributed by atoms with Gasteiger partial charge in [-0.25, -0.2) is 4.98 Å². The quantitative estimate of drug-likeness (QED) is 0.792. The van der Waals surface area contributed by atoms with Crippen LogP contribution in [-0.2, 0) is 0 Å². The number of aromatic amines is 1. The molecule has 3 nitrogen and oxygen atoms in total. The second kappa shape index (κ2) is 3.93. The van der Waals surface area contributed by atoms with Crippen molar-refractivity contribution in [3.05, 3.63) is 51.6 Å². The highest BCUT2D eigenvalue weighted by Crippen LogP contribution is 2.18. The van der Waals surface area contributed by atoms with Crippen LogP contribution >= 0.6 is 0 Å². The Hall–Kier alpha value is -1.90. The first-order chi connectivity index (χ1) is 7.54. The van der Waals surface area contributed by atoms with Crippen LogP contribution in [0.3, 0.4) is 0 Å². The van der Waals surface area contributed by atoms with Gasteiger partial charge >= 0.3 is 0 Å². The molecule has 0 aliphatic rings. The van der Waals surface area contributed by atoms with Crippen LogP contribution in [-0.4, -0.2) is 9.97 Å². The molecular formula is C13H14N2O. The number of aryl methyl sites for hydroxylation is 3. The first kappa shape index (κ1) is 10.6. The number of hydrogen-bond acceptors (Lipinski definition) is 2. The van der Waals surface area contributed by atoms with Gasteiger partial charge in [0, 0.05) is 11.6 Å². The Labute approximate surface area is 94.2 Å². The fourth-order valence-corrected chi connectivity index (χ4v) is 1.85. The summed E-state index contributed by atoms with van der Waals surface area (Å²) in [7, 11) is 0. The molecule has 0 saturated heterocycles. The normalized spacial score (nSPS) is 10.4. The first-order valence-corrected chi connectivity index (χ1v) is 5.21. The molecule has 1 aromatic carbocycles. The molecule has 2 aromatic rings. The van der Waals surface area contributed by atoms with E-state index in [1.165, 1.54) is 17.2 Å². The predicted molar refractivity (Wildman–Crippen MR) is 64.5 cm³/mol. The van der Waals surface area contributed by atoms with E-state index in [1.807, 2.05) is 26.0 Å². The van der Waals surface area contributed by atoms with Crippen LogP contribution in [0, 0.1) is 20.8 Å². The van der Waals surface area contributed by atoms with E-state index in [4.69, 9.17) is 0 Å². The fourth-order valence-electron chi connectivity index (χ4n) is 1.85. The third-order valence-corrected chi connectivity index (χ3v) is 2.38. The lowest BCUT2D eigenvalue weighted by Gasteiger charge is -2.04. The maximum absolute atomic E-state index is 11.4. The van der Waals surface area contributed by atoms with Crippen molar-refractivity contribution in [1.82, 2.24) is 9.97 Å². The van der Waals surface area contributed by atoms with E-state index in [2.05, 4.69) is 16.0 Å². The molecule has 0 aliphatic heterocycles. The van der Waals surface area contributed by atoms with Crippen LogP contribution in [0.2, 0.25) is 0 Å². The van der Waals surface area contributed by atoms with Crippen molar-refractivity contribution in [2.75, 3.05) is 0 Å². The van der Waals surface area contributed by atoms with Gasteiger partial charge in [0.05, 0.1) is 5.69 Å². The van der Waals surface area contributed by atoms with Crippen LogP contribution in [0.5, 0.6) is 0 Å². The first-order valence-electron chi connectivity index (χ1n) is 5.21. The van der Waals surface area contributed by atoms with Crippen molar-refractivity contribution in [2.24, 2.45) is 0 Å². The Bertz CT molecular complexity index is 564. The van der Waals surface area contributed by atoms with Crippen LogP contribution in [0.25, 0.3) is 11.3 Å². The topological polar surface area (TPSA) is 45.8 Å². The van der Waals surface area contributed by atoms with Gasteiger partial charge in [-0.05, 0) is 32.9 Å². The number of nitrogens with one attached hydrogen (secondary N) is 1. The van der Waals surface area contributed by atoms with Gasteiger partial charge < -0.3 is 4.98 Å². The molecule has 0 unspecified atom stereocenters. The molecule has 16 heavy (non-hydrogen) atoms. The highest BCUT2D eigenvalue weighted by molar-refractivity contribution is 5.60. The summed E-state index contributed by atoms with van der Waals surface area (Å²) < 4.78 is 0. The Morgan fingerprint density at radius 2 is 1.62 bits per heavy atom. The van der Waals surface area contributed by atoms with E-state index >= 15 is 0 Å². The van der Waals surface area contributed by atoms with E-state index in [1.54, 1.807) is 6.92 Å². The second-order valence-corrected chi connectivity index (χ2v) is 4.09. The number of hydrogen-bond donors (Lipinski definition) is 1. The third kappa shape index (κ3) is 2.19. The number of H-pyrrole nitrogens is 1. The molecule has 2 rings (SSSR count). The molecular weight excluding hydrogens is 200 g/mol. The standard InChI is InChI=1S/C13H14N2O/c1-8-4-9(2)6-11(5-8)12-7-13(16)15-10(3)14-12/h4-7H,1-3H3,(H,14,15,16). The molecule has 0 amide bonds. The summed E-state index contributed by atoms with van der Waals surface area (Å²) in [5.74, 6) is 0.640. The lowest BCUT2D eigenvalue weighted by atomic mass is 10.0. The summed E-state index contributed by atoms with van der Waals surface area (Å²) in [5, 5.41) is 0. The molecule has 0 bridgehead atoms. The van der Waals surface area contributed by atoms with Gasteiger partial charge in [0.2, 0.25) is 0 Å². The largest absolute Gasteiger partial charge is 0.311 e. The predicted octanol–water partition coefficient (Wildman–Crippen LogP) is 2.36. The zero-order valence-electron chi connectivity index (χ0n) is 9.66. The maximum atomic E-state index is 11.4. The Morgan fingerprint density at radius 1 is 1.00 bits per heavy atom. The van der Waals surface area contributed by atoms with Gasteiger partial charge in [0.1, 0.15) is 5.82 Å². The van der Waals surface area contributed by atoms with Crippen molar-refractivity contribution in [3.63, 3.8) is 0 Å². The van der Waals surface area contributed by atoms with E-state index in [0.717, 1.165) is 11.3 Å². The average Bonchev–Trinajstić information content (AvgIpc) is 2.14. The van der Waals surface area contributed by atoms with Gasteiger partial charge in [0.15, 0.2) is 0 Å². The van der Waals surface area contributed by atoms with Gasteiger partial charge in [-0.1, -0.05) is 17.2 Å². The molecule has 1 N–H and O–H groups in total. The zero-order chi connectivity index (χ0) is 11.7. The van der Waals surface area contributed by atoms with E-state index in [0.29, 0.717) is 5.82 Å². The van der Waals surface area contributed by atoms with Crippen molar-refractivity contribution in [1.29, 1.82) is 0 Å². The third-order valence-electron chi connectivity index (χ3n) is 2.38. The highest BCUT2D eigenvalue weighted by Gasteiger charge is 2.03. The molecule has 0 spiro atoms. The van der Waals surface area contributed by atoms with Crippen molar-refractivity contribution < 1.29 is 0 Å². The van der Waals surface area contributed by atoms with Gasteiger partial charge in [-0.15, -0.1) is 0 Å². The summed E-state index contributed by atoms with van der Waals surface area (Å²) in [4.78, 5) is 18.3. The van der Waals surface area contributed by atoms with E-state index < -0.39 is 0 Å². The van der Waals surface area contributed by atoms with Crippen molar-refractivity contribution >= 4 is 0 Å². The molecule has 1 heterocycles. The number of nitrogens with zero attached hydrogens (tertiary/aromatic N) is 1. The minimum Gasteiger partial charge on any atom is -0.311 e. The zero-order valence-corrected chi connectivity index (χ0v) is 9.66. The summed E-state index contributed by atoms with van der Waals surface area (Å²) in [5.41, 5.74) is 3.96. The number of aromatic nitrogens is 2. The minimum absolute atomic E-state index is 0.110. The number of rotatable bonds is 1. The fraction of sp³-hybridized carbons (Fsp3) is 0.231. The smallest absolute Gasteiger partial charge is 0.251 e. The second-order valence-electron chi connectivity index (χ2n) is 4.09. The lowest BCUT2D eigenvalue weighted by molar-refractivity contribution is 1.02. The van der Waals surface area contributed by atoms with E-state index in [-0.39, 0.29) is 5.56 Å². The molecule has 1 aromatic heterocycles. The molecule has 82 valence electrons. The Balaban J connectivity index is 2.62. The SMILES string of the molecule is Cc1cc(C)cc(-c2cc(=O)[nH]c(C)n2)c1. The highest BCUT2D eigenvalue weighted by atomic mass is 16.1. The molecule has 0 aliphatic carbocycles. The molecule has 0 radical (unpaired) electrons. The summed E-state index contributed by atoms with van der Waals surface area (Å²) >= 11 is 0. The van der Waals surface area contributed by atoms with Crippen molar-refractivity contribution in [2.45, 2.75) is 20.8 Å². The summed E-state index contributed by atoms with van der Waals surface area (Å²) in [6.07, 6.45) is 0. The maximum Gasteiger partial charge on any atom is 0.251 e. The van der Waals surface area contributed by atoms with Gasteiger partial charge in [-0.3, -0.25) is 4.79 Å². The Kier molecular flexibility index (Phi) is 2.60. The Morgan fingerprint density at radius 3 is 2.19 bits per heavy atom. The summed E-state index contributed by atoms with van der Waals surface area (Å²) in [6, 6.07) is 7.70. The molecule has 3 heteroatoms. The van der Waals surface area contributed by atoms with Crippen molar-refractivity contribution in [3.8, 4) is 11.3 Å². The molecule has 0 fully saturated rings. The van der Waals surface area contributed by atoms with Crippen LogP contribution in [0.15, 0.2) is 29.1 Å². The lowest BCUT2D eigenvalue weighted by Crippen LogP contribution is -2.08. The average molecular weight is 214 g/mol. The number of benzene rings is 1.